The zero-order valence-corrected chi connectivity index (χ0v) is 12.7. The Morgan fingerprint density at radius 1 is 1.57 bits per heavy atom. The number of nitrogens with zero attached hydrogens (tertiary/aromatic N) is 3. The van der Waals surface area contributed by atoms with E-state index in [1.165, 1.54) is 0 Å². The predicted molar refractivity (Wildman–Crippen MR) is 77.8 cm³/mol. The minimum absolute atomic E-state index is 0.0913. The maximum atomic E-state index is 12.2. The summed E-state index contributed by atoms with van der Waals surface area (Å²) in [5, 5.41) is 2.85. The summed E-state index contributed by atoms with van der Waals surface area (Å²) in [6.07, 6.45) is 0.612. The van der Waals surface area contributed by atoms with Crippen molar-refractivity contribution < 1.29 is 14.3 Å². The van der Waals surface area contributed by atoms with Gasteiger partial charge in [-0.3, -0.25) is 9.59 Å². The molecule has 1 saturated heterocycles. The van der Waals surface area contributed by atoms with Crippen LogP contribution in [-0.2, 0) is 9.53 Å². The zero-order chi connectivity index (χ0) is 15.4. The van der Waals surface area contributed by atoms with Gasteiger partial charge in [0, 0.05) is 13.1 Å². The summed E-state index contributed by atoms with van der Waals surface area (Å²) in [6, 6.07) is -0.539. The Balaban J connectivity index is 2.42. The van der Waals surface area contributed by atoms with Crippen LogP contribution in [0.2, 0.25) is 5.15 Å². The van der Waals surface area contributed by atoms with E-state index in [1.54, 1.807) is 11.8 Å². The molecule has 0 aliphatic carbocycles. The van der Waals surface area contributed by atoms with Gasteiger partial charge in [-0.05, 0) is 13.8 Å². The van der Waals surface area contributed by atoms with Crippen molar-refractivity contribution in [2.24, 2.45) is 0 Å². The molecular formula is C13H17ClN4O3. The summed E-state index contributed by atoms with van der Waals surface area (Å²) in [5.74, 6) is 0.658. The third-order valence-electron chi connectivity index (χ3n) is 3.16. The van der Waals surface area contributed by atoms with Crippen molar-refractivity contribution in [3.8, 4) is 0 Å². The lowest BCUT2D eigenvalue weighted by Gasteiger charge is -2.36. The molecule has 114 valence electrons. The Morgan fingerprint density at radius 2 is 2.33 bits per heavy atom. The number of nitrogens with one attached hydrogen (secondary N) is 1. The van der Waals surface area contributed by atoms with Crippen molar-refractivity contribution in [3.05, 3.63) is 16.5 Å². The van der Waals surface area contributed by atoms with Gasteiger partial charge in [0.15, 0.2) is 6.29 Å². The second-order valence-electron chi connectivity index (χ2n) is 4.60. The van der Waals surface area contributed by atoms with Crippen molar-refractivity contribution in [2.45, 2.75) is 19.9 Å². The molecule has 0 bridgehead atoms. The molecule has 1 aliphatic heterocycles. The van der Waals surface area contributed by atoms with Crippen molar-refractivity contribution in [1.29, 1.82) is 0 Å². The molecule has 1 N–H and O–H groups in total. The number of halogens is 1. The lowest BCUT2D eigenvalue weighted by molar-refractivity contribution is -0.124. The summed E-state index contributed by atoms with van der Waals surface area (Å²) < 4.78 is 5.37. The highest BCUT2D eigenvalue weighted by Crippen LogP contribution is 2.25. The van der Waals surface area contributed by atoms with Crippen LogP contribution in [0.5, 0.6) is 0 Å². The van der Waals surface area contributed by atoms with Crippen LogP contribution in [0.4, 0.5) is 5.82 Å². The number of aldehydes is 1. The standard InChI is InChI=1S/C13H17ClN4O3/c1-3-15-13(20)10-7-21-5-4-18(10)12-9(6-19)11(14)16-8(2)17-12/h6,10H,3-5,7H2,1-2H3,(H,15,20). The van der Waals surface area contributed by atoms with Gasteiger partial charge in [-0.1, -0.05) is 11.6 Å². The molecule has 21 heavy (non-hydrogen) atoms. The number of aryl methyl sites for hydroxylation is 1. The topological polar surface area (TPSA) is 84.4 Å². The Hall–Kier alpha value is -1.73. The van der Waals surface area contributed by atoms with Crippen LogP contribution in [0.25, 0.3) is 0 Å². The first-order valence-corrected chi connectivity index (χ1v) is 7.07. The Bertz CT molecular complexity index is 552. The molecule has 1 unspecified atom stereocenters. The molecule has 0 saturated carbocycles. The maximum absolute atomic E-state index is 12.2. The Labute approximate surface area is 127 Å². The number of rotatable bonds is 4. The van der Waals surface area contributed by atoms with Crippen LogP contribution < -0.4 is 10.2 Å². The summed E-state index contributed by atoms with van der Waals surface area (Å²) >= 11 is 6.00. The summed E-state index contributed by atoms with van der Waals surface area (Å²) in [4.78, 5) is 33.4. The fraction of sp³-hybridized carbons (Fsp3) is 0.538. The first kappa shape index (κ1) is 15.7. The zero-order valence-electron chi connectivity index (χ0n) is 11.9. The lowest BCUT2D eigenvalue weighted by Crippen LogP contribution is -2.54. The van der Waals surface area contributed by atoms with Crippen LogP contribution in [0.1, 0.15) is 23.1 Å². The van der Waals surface area contributed by atoms with Crippen molar-refractivity contribution in [3.63, 3.8) is 0 Å². The molecule has 0 spiro atoms. The third kappa shape index (κ3) is 3.30. The largest absolute Gasteiger partial charge is 0.377 e. The molecule has 1 fully saturated rings. The molecule has 1 aromatic heterocycles. The minimum atomic E-state index is -0.539. The minimum Gasteiger partial charge on any atom is -0.377 e. The molecule has 7 nitrogen and oxygen atoms in total. The second kappa shape index (κ2) is 6.82. The number of hydrogen-bond acceptors (Lipinski definition) is 6. The van der Waals surface area contributed by atoms with Crippen LogP contribution in [0.15, 0.2) is 0 Å². The van der Waals surface area contributed by atoms with Gasteiger partial charge in [-0.15, -0.1) is 0 Å². The smallest absolute Gasteiger partial charge is 0.245 e. The van der Waals surface area contributed by atoms with Gasteiger partial charge in [-0.2, -0.15) is 0 Å². The molecule has 2 rings (SSSR count). The lowest BCUT2D eigenvalue weighted by atomic mass is 10.2. The highest BCUT2D eigenvalue weighted by atomic mass is 35.5. The molecule has 1 atom stereocenters. The number of aromatic nitrogens is 2. The second-order valence-corrected chi connectivity index (χ2v) is 4.95. The van der Waals surface area contributed by atoms with Crippen LogP contribution in [0, 0.1) is 6.92 Å². The number of morpholine rings is 1. The molecule has 0 aromatic carbocycles. The average Bonchev–Trinajstić information content (AvgIpc) is 2.47. The van der Waals surface area contributed by atoms with E-state index >= 15 is 0 Å². The van der Waals surface area contributed by atoms with E-state index in [9.17, 15) is 9.59 Å². The van der Waals surface area contributed by atoms with Gasteiger partial charge >= 0.3 is 0 Å². The molecule has 1 aliphatic rings. The van der Waals surface area contributed by atoms with E-state index in [4.69, 9.17) is 16.3 Å². The Kier molecular flexibility index (Phi) is 5.08. The molecule has 2 heterocycles. The van der Waals surface area contributed by atoms with E-state index in [0.29, 0.717) is 37.6 Å². The van der Waals surface area contributed by atoms with Gasteiger partial charge in [-0.25, -0.2) is 9.97 Å². The number of ether oxygens (including phenoxy) is 1. The van der Waals surface area contributed by atoms with Crippen LogP contribution in [-0.4, -0.2) is 54.5 Å². The highest BCUT2D eigenvalue weighted by molar-refractivity contribution is 6.32. The summed E-state index contributed by atoms with van der Waals surface area (Å²) in [5.41, 5.74) is 0.193. The van der Waals surface area contributed by atoms with E-state index in [1.807, 2.05) is 6.92 Å². The number of amides is 1. The monoisotopic (exact) mass is 312 g/mol. The van der Waals surface area contributed by atoms with Gasteiger partial charge in [0.25, 0.3) is 0 Å². The van der Waals surface area contributed by atoms with E-state index in [2.05, 4.69) is 15.3 Å². The van der Waals surface area contributed by atoms with Crippen molar-refractivity contribution >= 4 is 29.6 Å². The van der Waals surface area contributed by atoms with Gasteiger partial charge in [0.05, 0.1) is 18.8 Å². The van der Waals surface area contributed by atoms with E-state index in [-0.39, 0.29) is 23.2 Å². The fourth-order valence-corrected chi connectivity index (χ4v) is 2.47. The molecular weight excluding hydrogens is 296 g/mol. The van der Waals surface area contributed by atoms with Crippen molar-refractivity contribution in [1.82, 2.24) is 15.3 Å². The third-order valence-corrected chi connectivity index (χ3v) is 3.45. The normalized spacial score (nSPS) is 18.4. The fourth-order valence-electron chi connectivity index (χ4n) is 2.22. The highest BCUT2D eigenvalue weighted by Gasteiger charge is 2.32. The molecule has 1 aromatic rings. The summed E-state index contributed by atoms with van der Waals surface area (Å²) in [7, 11) is 0. The van der Waals surface area contributed by atoms with E-state index < -0.39 is 6.04 Å². The maximum Gasteiger partial charge on any atom is 0.245 e. The number of carbonyl (C=O) groups excluding carboxylic acids is 2. The van der Waals surface area contributed by atoms with Crippen molar-refractivity contribution in [2.75, 3.05) is 31.2 Å². The molecule has 1 amide bonds. The average molecular weight is 313 g/mol. The number of hydrogen-bond donors (Lipinski definition) is 1. The summed E-state index contributed by atoms with van der Waals surface area (Å²) in [6.45, 7) is 5.20. The number of likely N-dealkylation sites (N-methyl/N-ethyl adjacent to an activating group) is 1. The number of anilines is 1. The first-order chi connectivity index (χ1) is 10.1. The predicted octanol–water partition coefficient (Wildman–Crippen LogP) is 0.592. The number of carbonyl (C=O) groups is 2. The SMILES string of the molecule is CCNC(=O)C1COCCN1c1nc(C)nc(Cl)c1C=O. The van der Waals surface area contributed by atoms with Gasteiger partial charge in [0.1, 0.15) is 22.8 Å². The van der Waals surface area contributed by atoms with Crippen LogP contribution >= 0.6 is 11.6 Å². The van der Waals surface area contributed by atoms with Crippen LogP contribution in [0.3, 0.4) is 0 Å². The van der Waals surface area contributed by atoms with E-state index in [0.717, 1.165) is 0 Å². The molecule has 8 heteroatoms. The van der Waals surface area contributed by atoms with Gasteiger partial charge in [0.2, 0.25) is 5.91 Å². The molecule has 0 radical (unpaired) electrons. The Morgan fingerprint density at radius 3 is 3.00 bits per heavy atom. The quantitative estimate of drug-likeness (QED) is 0.647. The van der Waals surface area contributed by atoms with Gasteiger partial charge < -0.3 is 15.0 Å². The first-order valence-electron chi connectivity index (χ1n) is 6.69.